The first kappa shape index (κ1) is 21.2. The topological polar surface area (TPSA) is 70.9 Å². The quantitative estimate of drug-likeness (QED) is 0.713. The number of benzene rings is 2. The van der Waals surface area contributed by atoms with Gasteiger partial charge in [0.2, 0.25) is 0 Å². The van der Waals surface area contributed by atoms with E-state index in [2.05, 4.69) is 47.6 Å². The summed E-state index contributed by atoms with van der Waals surface area (Å²) in [7, 11) is 1.83. The number of rotatable bonds is 6. The normalized spacial score (nSPS) is 21.4. The van der Waals surface area contributed by atoms with Gasteiger partial charge < -0.3 is 15.2 Å². The Labute approximate surface area is 183 Å². The maximum Gasteiger partial charge on any atom is 0.303 e. The molecule has 0 aromatic heterocycles. The number of aliphatic imine (C=N–C) groups is 1. The number of carboxylic acid groups (broad SMARTS) is 1. The van der Waals surface area contributed by atoms with E-state index in [1.165, 1.54) is 22.4 Å². The number of ether oxygens (including phenoxy) is 1. The summed E-state index contributed by atoms with van der Waals surface area (Å²) in [6.45, 7) is 2.77. The fourth-order valence-electron chi connectivity index (χ4n) is 4.61. The van der Waals surface area contributed by atoms with Gasteiger partial charge in [-0.05, 0) is 59.6 Å². The van der Waals surface area contributed by atoms with Crippen LogP contribution in [0.15, 0.2) is 59.2 Å². The van der Waals surface area contributed by atoms with Crippen molar-refractivity contribution in [2.45, 2.75) is 44.9 Å². The van der Waals surface area contributed by atoms with Crippen LogP contribution in [0.1, 0.15) is 54.4 Å². The standard InChI is InChI=1S/C26H30N2O3/c1-17-7-9-22(28-26(17)27-2)11-12-31-23-10-8-18-13-21(16-25(29)30)24-6-4-3-5-19(24)14-20(18)15-23/h3-6,8-10,15,17,21H,7,11-14,16H2,1-2H3,(H,27,28)(H,29,30)/t17?,21-/m0/s1. The third-order valence-corrected chi connectivity index (χ3v) is 6.30. The molecular formula is C26H30N2O3. The first-order valence-electron chi connectivity index (χ1n) is 11.0. The molecule has 5 nitrogen and oxygen atoms in total. The van der Waals surface area contributed by atoms with Crippen LogP contribution >= 0.6 is 0 Å². The van der Waals surface area contributed by atoms with E-state index in [0.29, 0.717) is 12.5 Å². The summed E-state index contributed by atoms with van der Waals surface area (Å²) >= 11 is 0. The van der Waals surface area contributed by atoms with Gasteiger partial charge in [-0.15, -0.1) is 0 Å². The van der Waals surface area contributed by atoms with E-state index in [0.717, 1.165) is 42.8 Å². The maximum atomic E-state index is 11.4. The minimum atomic E-state index is -0.750. The van der Waals surface area contributed by atoms with E-state index in [4.69, 9.17) is 4.74 Å². The average Bonchev–Trinajstić information content (AvgIpc) is 2.90. The van der Waals surface area contributed by atoms with E-state index in [-0.39, 0.29) is 12.3 Å². The second-order valence-electron chi connectivity index (χ2n) is 8.50. The Kier molecular flexibility index (Phi) is 6.40. The molecule has 0 amide bonds. The van der Waals surface area contributed by atoms with E-state index in [1.54, 1.807) is 0 Å². The van der Waals surface area contributed by atoms with Crippen molar-refractivity contribution in [3.8, 4) is 5.75 Å². The Balaban J connectivity index is 1.46. The molecule has 1 unspecified atom stereocenters. The zero-order valence-corrected chi connectivity index (χ0v) is 18.2. The van der Waals surface area contributed by atoms with E-state index in [1.807, 2.05) is 25.2 Å². The highest BCUT2D eigenvalue weighted by Crippen LogP contribution is 2.35. The van der Waals surface area contributed by atoms with Crippen LogP contribution in [0.4, 0.5) is 0 Å². The first-order chi connectivity index (χ1) is 15.0. The molecule has 1 aliphatic carbocycles. The molecule has 0 saturated carbocycles. The van der Waals surface area contributed by atoms with Gasteiger partial charge in [0.15, 0.2) is 0 Å². The van der Waals surface area contributed by atoms with Crippen LogP contribution < -0.4 is 10.1 Å². The van der Waals surface area contributed by atoms with E-state index in [9.17, 15) is 9.90 Å². The van der Waals surface area contributed by atoms with Crippen molar-refractivity contribution >= 4 is 11.8 Å². The highest BCUT2D eigenvalue weighted by atomic mass is 16.5. The van der Waals surface area contributed by atoms with Crippen molar-refractivity contribution in [3.05, 3.63) is 76.5 Å². The number of amidine groups is 1. The predicted molar refractivity (Wildman–Crippen MR) is 123 cm³/mol. The highest BCUT2D eigenvalue weighted by molar-refractivity contribution is 5.86. The second-order valence-corrected chi connectivity index (χ2v) is 8.50. The van der Waals surface area contributed by atoms with Crippen molar-refractivity contribution in [1.29, 1.82) is 0 Å². The van der Waals surface area contributed by atoms with Crippen LogP contribution in [-0.2, 0) is 17.6 Å². The third-order valence-electron chi connectivity index (χ3n) is 6.30. The maximum absolute atomic E-state index is 11.4. The van der Waals surface area contributed by atoms with Gasteiger partial charge >= 0.3 is 5.97 Å². The third kappa shape index (κ3) is 4.98. The Morgan fingerprint density at radius 1 is 1.19 bits per heavy atom. The number of hydrogen-bond donors (Lipinski definition) is 2. The van der Waals surface area contributed by atoms with Gasteiger partial charge in [0.1, 0.15) is 11.6 Å². The molecule has 2 aliphatic rings. The monoisotopic (exact) mass is 418 g/mol. The van der Waals surface area contributed by atoms with Crippen LogP contribution in [0.25, 0.3) is 0 Å². The zero-order valence-electron chi connectivity index (χ0n) is 18.2. The number of allylic oxidation sites excluding steroid dienone is 1. The van der Waals surface area contributed by atoms with E-state index >= 15 is 0 Å². The minimum Gasteiger partial charge on any atom is -0.493 e. The molecule has 2 atom stereocenters. The number of fused-ring (bicyclic) bond motifs is 2. The molecule has 0 bridgehead atoms. The number of nitrogens with one attached hydrogen (secondary N) is 1. The summed E-state index contributed by atoms with van der Waals surface area (Å²) in [4.78, 5) is 15.8. The van der Waals surface area contributed by atoms with Gasteiger partial charge in [-0.3, -0.25) is 9.79 Å². The first-order valence-corrected chi connectivity index (χ1v) is 11.0. The predicted octanol–water partition coefficient (Wildman–Crippen LogP) is 4.70. The van der Waals surface area contributed by atoms with Crippen LogP contribution in [0, 0.1) is 5.92 Å². The van der Waals surface area contributed by atoms with Gasteiger partial charge in [0.05, 0.1) is 13.0 Å². The molecule has 2 aromatic carbocycles. The summed E-state index contributed by atoms with van der Waals surface area (Å²) in [5.74, 6) is 1.59. The number of carboxylic acids is 1. The van der Waals surface area contributed by atoms with Crippen LogP contribution in [0.5, 0.6) is 5.75 Å². The lowest BCUT2D eigenvalue weighted by molar-refractivity contribution is -0.137. The van der Waals surface area contributed by atoms with Crippen molar-refractivity contribution in [1.82, 2.24) is 5.32 Å². The summed E-state index contributed by atoms with van der Waals surface area (Å²) in [5, 5.41) is 12.8. The molecule has 0 fully saturated rings. The zero-order chi connectivity index (χ0) is 21.8. The van der Waals surface area contributed by atoms with Crippen molar-refractivity contribution in [2.75, 3.05) is 13.7 Å². The van der Waals surface area contributed by atoms with Gasteiger partial charge in [-0.2, -0.15) is 0 Å². The Morgan fingerprint density at radius 3 is 2.84 bits per heavy atom. The van der Waals surface area contributed by atoms with Crippen molar-refractivity contribution < 1.29 is 14.6 Å². The lowest BCUT2D eigenvalue weighted by Gasteiger charge is -2.23. The molecule has 162 valence electrons. The molecule has 1 heterocycles. The summed E-state index contributed by atoms with van der Waals surface area (Å²) in [5.41, 5.74) is 5.97. The van der Waals surface area contributed by atoms with Gasteiger partial charge in [-0.25, -0.2) is 0 Å². The lowest BCUT2D eigenvalue weighted by Crippen LogP contribution is -2.33. The minimum absolute atomic E-state index is 0.00264. The fraction of sp³-hybridized carbons (Fsp3) is 0.385. The molecule has 0 radical (unpaired) electrons. The van der Waals surface area contributed by atoms with Crippen LogP contribution in [0.3, 0.4) is 0 Å². The van der Waals surface area contributed by atoms with Gasteiger partial charge in [0.25, 0.3) is 0 Å². The molecule has 31 heavy (non-hydrogen) atoms. The largest absolute Gasteiger partial charge is 0.493 e. The molecule has 0 saturated heterocycles. The molecule has 4 rings (SSSR count). The molecule has 1 aliphatic heterocycles. The summed E-state index contributed by atoms with van der Waals surface area (Å²) in [6.07, 6.45) is 5.75. The highest BCUT2D eigenvalue weighted by Gasteiger charge is 2.24. The lowest BCUT2D eigenvalue weighted by atomic mass is 9.89. The smallest absolute Gasteiger partial charge is 0.303 e. The van der Waals surface area contributed by atoms with Crippen LogP contribution in [-0.4, -0.2) is 30.6 Å². The molecule has 5 heteroatoms. The molecule has 2 aromatic rings. The van der Waals surface area contributed by atoms with Gasteiger partial charge in [-0.1, -0.05) is 43.3 Å². The summed E-state index contributed by atoms with van der Waals surface area (Å²) < 4.78 is 6.08. The Bertz CT molecular complexity index is 1030. The number of hydrogen-bond acceptors (Lipinski definition) is 3. The SMILES string of the molecule is CN=C1NC(CCOc2ccc3c(c2)Cc2ccccc2[C@H](CC(=O)O)C3)=CCC1C. The molecular weight excluding hydrogens is 388 g/mol. The molecule has 2 N–H and O–H groups in total. The number of aliphatic carboxylic acids is 1. The second kappa shape index (κ2) is 9.38. The average molecular weight is 419 g/mol. The Morgan fingerprint density at radius 2 is 2.03 bits per heavy atom. The van der Waals surface area contributed by atoms with E-state index < -0.39 is 5.97 Å². The molecule has 0 spiro atoms. The van der Waals surface area contributed by atoms with Crippen molar-refractivity contribution in [2.24, 2.45) is 10.9 Å². The Hall–Kier alpha value is -3.08. The fourth-order valence-corrected chi connectivity index (χ4v) is 4.61. The number of nitrogens with zero attached hydrogens (tertiary/aromatic N) is 1. The van der Waals surface area contributed by atoms with Crippen molar-refractivity contribution in [3.63, 3.8) is 0 Å². The summed E-state index contributed by atoms with van der Waals surface area (Å²) in [6, 6.07) is 14.5. The number of carbonyl (C=O) groups is 1. The van der Waals surface area contributed by atoms with Gasteiger partial charge in [0, 0.05) is 25.1 Å². The van der Waals surface area contributed by atoms with Crippen LogP contribution in [0.2, 0.25) is 0 Å².